The highest BCUT2D eigenvalue weighted by Gasteiger charge is 2.15. The quantitative estimate of drug-likeness (QED) is 0.637. The van der Waals surface area contributed by atoms with E-state index >= 15 is 0 Å². The molecular weight excluding hydrogens is 308 g/mol. The molecule has 0 fully saturated rings. The second-order valence-electron chi connectivity index (χ2n) is 6.91. The van der Waals surface area contributed by atoms with Gasteiger partial charge in [-0.05, 0) is 74.2 Å². The summed E-state index contributed by atoms with van der Waals surface area (Å²) in [7, 11) is 4.19. The molecule has 4 heteroatoms. The van der Waals surface area contributed by atoms with Gasteiger partial charge in [0.05, 0.1) is 12.0 Å². The van der Waals surface area contributed by atoms with Crippen LogP contribution >= 0.6 is 0 Å². The molecule has 2 aromatic carbocycles. The Hall–Kier alpha value is -2.49. The molecule has 0 spiro atoms. The minimum atomic E-state index is 0.953. The molecule has 4 nitrogen and oxygen atoms in total. The van der Waals surface area contributed by atoms with Crippen LogP contribution in [0.5, 0.6) is 0 Å². The number of aryl methyl sites for hydroxylation is 2. The van der Waals surface area contributed by atoms with E-state index in [9.17, 15) is 0 Å². The molecule has 0 bridgehead atoms. The molecule has 0 saturated carbocycles. The van der Waals surface area contributed by atoms with Gasteiger partial charge in [-0.15, -0.1) is 0 Å². The van der Waals surface area contributed by atoms with Crippen LogP contribution in [0.15, 0.2) is 35.3 Å². The Bertz CT molecular complexity index is 795. The molecule has 0 unspecified atom stereocenters. The van der Waals surface area contributed by atoms with Crippen molar-refractivity contribution in [2.45, 2.75) is 27.2 Å². The van der Waals surface area contributed by atoms with Crippen LogP contribution in [0.4, 0.5) is 22.7 Å². The summed E-state index contributed by atoms with van der Waals surface area (Å²) < 4.78 is 0. The van der Waals surface area contributed by atoms with Gasteiger partial charge in [0.1, 0.15) is 0 Å². The van der Waals surface area contributed by atoms with E-state index in [2.05, 4.69) is 78.3 Å². The average Bonchev–Trinajstić information content (AvgIpc) is 2.97. The molecule has 0 atom stereocenters. The second kappa shape index (κ2) is 7.18. The van der Waals surface area contributed by atoms with Crippen LogP contribution in [0.25, 0.3) is 0 Å². The van der Waals surface area contributed by atoms with Gasteiger partial charge in [0, 0.05) is 44.2 Å². The van der Waals surface area contributed by atoms with E-state index in [1.54, 1.807) is 0 Å². The lowest BCUT2D eigenvalue weighted by atomic mass is 10.1. The summed E-state index contributed by atoms with van der Waals surface area (Å²) in [5.74, 6) is 0. The standard InChI is InChI=1S/C21H28N4/c1-6-24(4)14-22-19-11-16(3)20(12-15(19)2)23-18-7-8-21-17(13-18)9-10-25(21)5/h7-8,11-14,23H,6,9-10H2,1-5H3/b22-14-. The molecule has 0 amide bonds. The summed E-state index contributed by atoms with van der Waals surface area (Å²) in [5, 5.41) is 3.58. The first-order chi connectivity index (χ1) is 12.0. The summed E-state index contributed by atoms with van der Waals surface area (Å²) in [6.45, 7) is 8.42. The Morgan fingerprint density at radius 1 is 1.20 bits per heavy atom. The minimum absolute atomic E-state index is 0.953. The Labute approximate surface area is 151 Å². The van der Waals surface area contributed by atoms with E-state index in [-0.39, 0.29) is 0 Å². The third-order valence-corrected chi connectivity index (χ3v) is 4.92. The molecule has 25 heavy (non-hydrogen) atoms. The van der Waals surface area contributed by atoms with Crippen molar-refractivity contribution in [3.05, 3.63) is 47.0 Å². The zero-order valence-corrected chi connectivity index (χ0v) is 15.9. The van der Waals surface area contributed by atoms with Crippen LogP contribution in [-0.4, -0.2) is 38.4 Å². The third kappa shape index (κ3) is 3.78. The van der Waals surface area contributed by atoms with Crippen molar-refractivity contribution in [2.75, 3.05) is 37.4 Å². The summed E-state index contributed by atoms with van der Waals surface area (Å²) in [6.07, 6.45) is 3.02. The van der Waals surface area contributed by atoms with Crippen molar-refractivity contribution in [2.24, 2.45) is 4.99 Å². The van der Waals surface area contributed by atoms with Gasteiger partial charge in [-0.1, -0.05) is 0 Å². The van der Waals surface area contributed by atoms with Crippen molar-refractivity contribution in [1.29, 1.82) is 0 Å². The van der Waals surface area contributed by atoms with Gasteiger partial charge in [0.15, 0.2) is 0 Å². The highest BCUT2D eigenvalue weighted by molar-refractivity contribution is 5.72. The monoisotopic (exact) mass is 336 g/mol. The van der Waals surface area contributed by atoms with Crippen molar-refractivity contribution in [1.82, 2.24) is 4.90 Å². The molecule has 1 heterocycles. The topological polar surface area (TPSA) is 30.9 Å². The minimum Gasteiger partial charge on any atom is -0.374 e. The van der Waals surface area contributed by atoms with Crippen LogP contribution in [0.3, 0.4) is 0 Å². The van der Waals surface area contributed by atoms with Crippen molar-refractivity contribution >= 4 is 29.1 Å². The lowest BCUT2D eigenvalue weighted by molar-refractivity contribution is 0.552. The maximum absolute atomic E-state index is 4.61. The van der Waals surface area contributed by atoms with E-state index in [0.29, 0.717) is 0 Å². The number of hydrogen-bond acceptors (Lipinski definition) is 3. The number of benzene rings is 2. The maximum Gasteiger partial charge on any atom is 0.0909 e. The highest BCUT2D eigenvalue weighted by atomic mass is 15.1. The number of hydrogen-bond donors (Lipinski definition) is 1. The van der Waals surface area contributed by atoms with Crippen molar-refractivity contribution in [3.63, 3.8) is 0 Å². The third-order valence-electron chi connectivity index (χ3n) is 4.92. The number of rotatable bonds is 5. The molecule has 132 valence electrons. The molecule has 1 N–H and O–H groups in total. The fraction of sp³-hybridized carbons (Fsp3) is 0.381. The fourth-order valence-electron chi connectivity index (χ4n) is 3.12. The van der Waals surface area contributed by atoms with Crippen LogP contribution in [0.1, 0.15) is 23.6 Å². The van der Waals surface area contributed by atoms with E-state index in [4.69, 9.17) is 0 Å². The van der Waals surface area contributed by atoms with E-state index in [1.807, 2.05) is 13.4 Å². The summed E-state index contributed by atoms with van der Waals surface area (Å²) >= 11 is 0. The number of aliphatic imine (C=N–C) groups is 1. The van der Waals surface area contributed by atoms with Gasteiger partial charge in [0.2, 0.25) is 0 Å². The Morgan fingerprint density at radius 2 is 2.00 bits per heavy atom. The van der Waals surface area contributed by atoms with E-state index < -0.39 is 0 Å². The lowest BCUT2D eigenvalue weighted by Crippen LogP contribution is -2.14. The lowest BCUT2D eigenvalue weighted by Gasteiger charge is -2.15. The molecule has 2 aromatic rings. The van der Waals surface area contributed by atoms with E-state index in [0.717, 1.165) is 36.6 Å². The maximum atomic E-state index is 4.61. The van der Waals surface area contributed by atoms with Gasteiger partial charge in [-0.3, -0.25) is 0 Å². The summed E-state index contributed by atoms with van der Waals surface area (Å²) in [6, 6.07) is 11.0. The largest absolute Gasteiger partial charge is 0.374 e. The predicted molar refractivity (Wildman–Crippen MR) is 109 cm³/mol. The van der Waals surface area contributed by atoms with Gasteiger partial charge < -0.3 is 15.1 Å². The zero-order valence-electron chi connectivity index (χ0n) is 15.9. The number of fused-ring (bicyclic) bond motifs is 1. The molecule has 1 aliphatic rings. The molecule has 0 saturated heterocycles. The van der Waals surface area contributed by atoms with Crippen LogP contribution in [-0.2, 0) is 6.42 Å². The van der Waals surface area contributed by atoms with Gasteiger partial charge in [-0.25, -0.2) is 4.99 Å². The normalized spacial score (nSPS) is 13.4. The van der Waals surface area contributed by atoms with E-state index in [1.165, 1.54) is 22.4 Å². The number of nitrogens with zero attached hydrogens (tertiary/aromatic N) is 3. The van der Waals surface area contributed by atoms with Gasteiger partial charge in [0.25, 0.3) is 0 Å². The number of likely N-dealkylation sites (N-methyl/N-ethyl adjacent to an activating group) is 1. The number of nitrogens with one attached hydrogen (secondary N) is 1. The Balaban J connectivity index is 1.82. The first-order valence-corrected chi connectivity index (χ1v) is 8.94. The SMILES string of the molecule is CCN(C)/C=N\c1cc(C)c(Nc2ccc3c(c2)CCN3C)cc1C. The Morgan fingerprint density at radius 3 is 2.76 bits per heavy atom. The first-order valence-electron chi connectivity index (χ1n) is 8.94. The zero-order chi connectivity index (χ0) is 18.0. The van der Waals surface area contributed by atoms with Crippen molar-refractivity contribution < 1.29 is 0 Å². The van der Waals surface area contributed by atoms with Gasteiger partial charge in [-0.2, -0.15) is 0 Å². The molecular formula is C21H28N4. The molecule has 3 rings (SSSR count). The molecule has 1 aliphatic heterocycles. The Kier molecular flexibility index (Phi) is 4.98. The molecule has 0 radical (unpaired) electrons. The van der Waals surface area contributed by atoms with Crippen LogP contribution in [0.2, 0.25) is 0 Å². The second-order valence-corrected chi connectivity index (χ2v) is 6.91. The number of anilines is 3. The summed E-state index contributed by atoms with van der Waals surface area (Å²) in [4.78, 5) is 8.99. The van der Waals surface area contributed by atoms with Crippen LogP contribution in [0, 0.1) is 13.8 Å². The van der Waals surface area contributed by atoms with Crippen molar-refractivity contribution in [3.8, 4) is 0 Å². The predicted octanol–water partition coefficient (Wildman–Crippen LogP) is 4.65. The fourth-order valence-corrected chi connectivity index (χ4v) is 3.12. The summed E-state index contributed by atoms with van der Waals surface area (Å²) in [5.41, 5.74) is 8.47. The highest BCUT2D eigenvalue weighted by Crippen LogP contribution is 2.32. The average molecular weight is 336 g/mol. The van der Waals surface area contributed by atoms with Crippen LogP contribution < -0.4 is 10.2 Å². The molecule has 0 aliphatic carbocycles. The van der Waals surface area contributed by atoms with Gasteiger partial charge >= 0.3 is 0 Å². The molecule has 0 aromatic heterocycles. The first kappa shape index (κ1) is 17.3. The smallest absolute Gasteiger partial charge is 0.0909 e.